The van der Waals surface area contributed by atoms with Gasteiger partial charge in [-0.2, -0.15) is 0 Å². The predicted octanol–water partition coefficient (Wildman–Crippen LogP) is 2.91. The molecule has 0 heterocycles. The molecule has 1 unspecified atom stereocenters. The lowest BCUT2D eigenvalue weighted by atomic mass is 10.1. The van der Waals surface area contributed by atoms with Crippen LogP contribution in [0.25, 0.3) is 0 Å². The van der Waals surface area contributed by atoms with Gasteiger partial charge in [0.2, 0.25) is 6.54 Å². The molecule has 0 radical (unpaired) electrons. The molecule has 0 spiro atoms. The molecule has 0 bridgehead atoms. The first-order valence-corrected chi connectivity index (χ1v) is 5.54. The SMILES string of the molecule is C/C=C\COC(C[N+](=O)[O-])c1ccc(C)cc1. The van der Waals surface area contributed by atoms with Crippen LogP contribution in [0.2, 0.25) is 0 Å². The zero-order valence-electron chi connectivity index (χ0n) is 10.1. The van der Waals surface area contributed by atoms with Crippen LogP contribution < -0.4 is 0 Å². The van der Waals surface area contributed by atoms with Crippen LogP contribution in [0.1, 0.15) is 24.2 Å². The molecule has 1 rings (SSSR count). The molecule has 1 aromatic rings. The topological polar surface area (TPSA) is 52.4 Å². The number of allylic oxidation sites excluding steroid dienone is 1. The minimum atomic E-state index is -0.484. The zero-order chi connectivity index (χ0) is 12.7. The van der Waals surface area contributed by atoms with Gasteiger partial charge in [-0.15, -0.1) is 0 Å². The lowest BCUT2D eigenvalue weighted by Crippen LogP contribution is -2.16. The molecule has 0 aliphatic carbocycles. The molecule has 0 amide bonds. The average Bonchev–Trinajstić information content (AvgIpc) is 2.28. The molecular weight excluding hydrogens is 218 g/mol. The summed E-state index contributed by atoms with van der Waals surface area (Å²) in [5.41, 5.74) is 1.97. The van der Waals surface area contributed by atoms with E-state index < -0.39 is 6.10 Å². The van der Waals surface area contributed by atoms with E-state index in [9.17, 15) is 10.1 Å². The molecule has 1 atom stereocenters. The molecule has 92 valence electrons. The number of ether oxygens (including phenoxy) is 1. The van der Waals surface area contributed by atoms with Crippen molar-refractivity contribution < 1.29 is 9.66 Å². The Morgan fingerprint density at radius 3 is 2.59 bits per heavy atom. The first kappa shape index (κ1) is 13.4. The van der Waals surface area contributed by atoms with Crippen molar-refractivity contribution in [2.24, 2.45) is 0 Å². The van der Waals surface area contributed by atoms with Gasteiger partial charge in [0.15, 0.2) is 0 Å². The summed E-state index contributed by atoms with van der Waals surface area (Å²) in [6.45, 7) is 4.05. The van der Waals surface area contributed by atoms with Gasteiger partial charge in [-0.3, -0.25) is 10.1 Å². The molecule has 0 aromatic heterocycles. The summed E-state index contributed by atoms with van der Waals surface area (Å²) in [6, 6.07) is 7.61. The third-order valence-electron chi connectivity index (χ3n) is 2.39. The second-order valence-corrected chi connectivity index (χ2v) is 3.82. The number of hydrogen-bond donors (Lipinski definition) is 0. The van der Waals surface area contributed by atoms with Crippen LogP contribution in [-0.4, -0.2) is 18.1 Å². The highest BCUT2D eigenvalue weighted by Gasteiger charge is 2.17. The van der Waals surface area contributed by atoms with E-state index in [0.29, 0.717) is 6.61 Å². The number of rotatable bonds is 6. The average molecular weight is 235 g/mol. The molecular formula is C13H17NO3. The largest absolute Gasteiger partial charge is 0.363 e. The van der Waals surface area contributed by atoms with Gasteiger partial charge in [0, 0.05) is 4.92 Å². The van der Waals surface area contributed by atoms with Gasteiger partial charge in [-0.25, -0.2) is 0 Å². The number of nitro groups is 1. The maximum atomic E-state index is 10.6. The molecule has 0 aliphatic heterocycles. The van der Waals surface area contributed by atoms with Crippen molar-refractivity contribution in [3.8, 4) is 0 Å². The Balaban J connectivity index is 2.74. The Kier molecular flexibility index (Phi) is 5.36. The number of nitrogens with zero attached hydrogens (tertiary/aromatic N) is 1. The Hall–Kier alpha value is -1.68. The van der Waals surface area contributed by atoms with Gasteiger partial charge >= 0.3 is 0 Å². The highest BCUT2D eigenvalue weighted by molar-refractivity contribution is 5.23. The minimum Gasteiger partial charge on any atom is -0.363 e. The summed E-state index contributed by atoms with van der Waals surface area (Å²) in [7, 11) is 0. The van der Waals surface area contributed by atoms with E-state index in [1.54, 1.807) is 0 Å². The third-order valence-corrected chi connectivity index (χ3v) is 2.39. The number of hydrogen-bond acceptors (Lipinski definition) is 3. The van der Waals surface area contributed by atoms with Gasteiger partial charge in [0.1, 0.15) is 6.10 Å². The maximum Gasteiger partial charge on any atom is 0.233 e. The van der Waals surface area contributed by atoms with Crippen molar-refractivity contribution in [2.75, 3.05) is 13.2 Å². The summed E-state index contributed by atoms with van der Waals surface area (Å²) in [6.07, 6.45) is 3.21. The second-order valence-electron chi connectivity index (χ2n) is 3.82. The van der Waals surface area contributed by atoms with Crippen LogP contribution >= 0.6 is 0 Å². The van der Waals surface area contributed by atoms with E-state index in [2.05, 4.69) is 0 Å². The van der Waals surface area contributed by atoms with Gasteiger partial charge in [-0.1, -0.05) is 42.0 Å². The lowest BCUT2D eigenvalue weighted by Gasteiger charge is -2.13. The molecule has 1 aromatic carbocycles. The van der Waals surface area contributed by atoms with Crippen molar-refractivity contribution >= 4 is 0 Å². The van der Waals surface area contributed by atoms with Gasteiger partial charge in [0.25, 0.3) is 0 Å². The van der Waals surface area contributed by atoms with Crippen molar-refractivity contribution in [1.82, 2.24) is 0 Å². The molecule has 17 heavy (non-hydrogen) atoms. The maximum absolute atomic E-state index is 10.6. The van der Waals surface area contributed by atoms with Crippen molar-refractivity contribution in [3.63, 3.8) is 0 Å². The van der Waals surface area contributed by atoms with E-state index in [1.807, 2.05) is 50.3 Å². The summed E-state index contributed by atoms with van der Waals surface area (Å²) in [5, 5.41) is 10.6. The van der Waals surface area contributed by atoms with Crippen molar-refractivity contribution in [2.45, 2.75) is 20.0 Å². The monoisotopic (exact) mass is 235 g/mol. The van der Waals surface area contributed by atoms with Crippen LogP contribution in [0.15, 0.2) is 36.4 Å². The fourth-order valence-corrected chi connectivity index (χ4v) is 1.44. The number of aryl methyl sites for hydroxylation is 1. The summed E-state index contributed by atoms with van der Waals surface area (Å²) in [5.74, 6) is 0. The molecule has 0 saturated carbocycles. The molecule has 4 heteroatoms. The van der Waals surface area contributed by atoms with E-state index in [0.717, 1.165) is 11.1 Å². The van der Waals surface area contributed by atoms with E-state index in [1.165, 1.54) is 0 Å². The van der Waals surface area contributed by atoms with E-state index in [4.69, 9.17) is 4.74 Å². The highest BCUT2D eigenvalue weighted by atomic mass is 16.6. The lowest BCUT2D eigenvalue weighted by molar-refractivity contribution is -0.492. The van der Waals surface area contributed by atoms with Crippen molar-refractivity contribution in [1.29, 1.82) is 0 Å². The van der Waals surface area contributed by atoms with Crippen LogP contribution in [0.4, 0.5) is 0 Å². The third kappa shape index (κ3) is 4.78. The van der Waals surface area contributed by atoms with Crippen LogP contribution in [0, 0.1) is 17.0 Å². The second kappa shape index (κ2) is 6.81. The Labute approximate surface area is 101 Å². The molecule has 0 aliphatic rings. The fraction of sp³-hybridized carbons (Fsp3) is 0.385. The smallest absolute Gasteiger partial charge is 0.233 e. The molecule has 0 fully saturated rings. The Morgan fingerprint density at radius 2 is 2.06 bits per heavy atom. The number of benzene rings is 1. The normalized spacial score (nSPS) is 12.8. The first-order valence-electron chi connectivity index (χ1n) is 5.54. The van der Waals surface area contributed by atoms with Gasteiger partial charge < -0.3 is 4.74 Å². The van der Waals surface area contributed by atoms with Crippen LogP contribution in [-0.2, 0) is 4.74 Å². The van der Waals surface area contributed by atoms with E-state index in [-0.39, 0.29) is 11.5 Å². The predicted molar refractivity (Wildman–Crippen MR) is 66.5 cm³/mol. The first-order chi connectivity index (χ1) is 8.13. The summed E-state index contributed by atoms with van der Waals surface area (Å²) >= 11 is 0. The summed E-state index contributed by atoms with van der Waals surface area (Å²) in [4.78, 5) is 10.2. The van der Waals surface area contributed by atoms with Crippen molar-refractivity contribution in [3.05, 3.63) is 57.7 Å². The van der Waals surface area contributed by atoms with Gasteiger partial charge in [-0.05, 0) is 19.4 Å². The molecule has 4 nitrogen and oxygen atoms in total. The fourth-order valence-electron chi connectivity index (χ4n) is 1.44. The van der Waals surface area contributed by atoms with Crippen LogP contribution in [0.5, 0.6) is 0 Å². The highest BCUT2D eigenvalue weighted by Crippen LogP contribution is 2.18. The molecule has 0 N–H and O–H groups in total. The van der Waals surface area contributed by atoms with Gasteiger partial charge in [0.05, 0.1) is 6.61 Å². The Morgan fingerprint density at radius 1 is 1.41 bits per heavy atom. The molecule has 0 saturated heterocycles. The quantitative estimate of drug-likeness (QED) is 0.433. The zero-order valence-corrected chi connectivity index (χ0v) is 10.1. The standard InChI is InChI=1S/C13H17NO3/c1-3-4-9-17-13(10-14(15)16)12-7-5-11(2)6-8-12/h3-8,13H,9-10H2,1-2H3/b4-3-. The van der Waals surface area contributed by atoms with Crippen LogP contribution in [0.3, 0.4) is 0 Å². The summed E-state index contributed by atoms with van der Waals surface area (Å²) < 4.78 is 5.49. The minimum absolute atomic E-state index is 0.208. The Bertz CT molecular complexity index is 384. The van der Waals surface area contributed by atoms with E-state index >= 15 is 0 Å².